The Morgan fingerprint density at radius 2 is 1.81 bits per heavy atom. The average molecular weight is 351 g/mol. The third kappa shape index (κ3) is 3.99. The van der Waals surface area contributed by atoms with Gasteiger partial charge in [0.15, 0.2) is 5.58 Å². The monoisotopic (exact) mass is 351 g/mol. The number of hydrogen-bond acceptors (Lipinski definition) is 4. The quantitative estimate of drug-likeness (QED) is 0.590. The zero-order chi connectivity index (χ0) is 17.8. The summed E-state index contributed by atoms with van der Waals surface area (Å²) in [6, 6.07) is 17.0. The molecule has 26 heavy (non-hydrogen) atoms. The smallest absolute Gasteiger partial charge is 0.408 e. The van der Waals surface area contributed by atoms with Crippen LogP contribution in [-0.2, 0) is 0 Å². The van der Waals surface area contributed by atoms with E-state index in [4.69, 9.17) is 4.42 Å². The van der Waals surface area contributed by atoms with Crippen LogP contribution in [0.25, 0.3) is 11.1 Å². The molecule has 1 aliphatic rings. The molecule has 0 aliphatic heterocycles. The predicted octanol–water partition coefficient (Wildman–Crippen LogP) is 3.85. The molecule has 5 nitrogen and oxygen atoms in total. The number of aromatic nitrogens is 1. The number of fused-ring (bicyclic) bond motifs is 1. The van der Waals surface area contributed by atoms with Crippen molar-refractivity contribution in [2.24, 2.45) is 0 Å². The lowest BCUT2D eigenvalue weighted by atomic mass is 9.81. The van der Waals surface area contributed by atoms with Gasteiger partial charge in [-0.25, -0.2) is 4.79 Å². The summed E-state index contributed by atoms with van der Waals surface area (Å²) in [5.74, 6) is 0.175. The van der Waals surface area contributed by atoms with Crippen molar-refractivity contribution in [1.29, 1.82) is 0 Å². The standard InChI is InChI=1S/C21H25N3O2/c25-21-24-19-11-8-16(14-20(19)26-21)15-6-9-18(10-7-15)23-13-12-22-17-4-2-1-3-5-17/h1-5,8,11,14-15,18,22-23H,6-7,9-10,12-13H2,(H,24,25)/t15-,18-. The zero-order valence-corrected chi connectivity index (χ0v) is 14.8. The van der Waals surface area contributed by atoms with Crippen molar-refractivity contribution in [3.05, 3.63) is 64.6 Å². The predicted molar refractivity (Wildman–Crippen MR) is 105 cm³/mol. The number of hydrogen-bond donors (Lipinski definition) is 3. The number of rotatable bonds is 6. The van der Waals surface area contributed by atoms with Gasteiger partial charge in [0.25, 0.3) is 0 Å². The highest BCUT2D eigenvalue weighted by atomic mass is 16.4. The van der Waals surface area contributed by atoms with Crippen LogP contribution in [0.4, 0.5) is 5.69 Å². The fourth-order valence-corrected chi connectivity index (χ4v) is 3.89. The number of benzene rings is 2. The molecule has 0 amide bonds. The highest BCUT2D eigenvalue weighted by molar-refractivity contribution is 5.72. The van der Waals surface area contributed by atoms with Gasteiger partial charge in [-0.2, -0.15) is 0 Å². The van der Waals surface area contributed by atoms with E-state index in [9.17, 15) is 4.79 Å². The molecule has 0 unspecified atom stereocenters. The Kier molecular flexibility index (Phi) is 5.07. The topological polar surface area (TPSA) is 70.1 Å². The summed E-state index contributed by atoms with van der Waals surface area (Å²) in [5.41, 5.74) is 3.90. The lowest BCUT2D eigenvalue weighted by molar-refractivity contribution is 0.346. The van der Waals surface area contributed by atoms with Crippen molar-refractivity contribution in [3.8, 4) is 0 Å². The molecule has 0 atom stereocenters. The van der Waals surface area contributed by atoms with Crippen LogP contribution in [0.15, 0.2) is 57.7 Å². The maximum absolute atomic E-state index is 11.3. The Morgan fingerprint density at radius 3 is 2.62 bits per heavy atom. The molecule has 1 heterocycles. The average Bonchev–Trinajstić information content (AvgIpc) is 3.06. The summed E-state index contributed by atoms with van der Waals surface area (Å²) in [6.45, 7) is 1.91. The highest BCUT2D eigenvalue weighted by Gasteiger charge is 2.22. The molecule has 2 aromatic carbocycles. The first kappa shape index (κ1) is 16.9. The Morgan fingerprint density at radius 1 is 1.00 bits per heavy atom. The van der Waals surface area contributed by atoms with Crippen LogP contribution in [0.1, 0.15) is 37.2 Å². The molecule has 0 spiro atoms. The Balaban J connectivity index is 1.23. The fraction of sp³-hybridized carbons (Fsp3) is 0.381. The maximum atomic E-state index is 11.3. The van der Waals surface area contributed by atoms with Crippen LogP contribution < -0.4 is 16.4 Å². The van der Waals surface area contributed by atoms with Gasteiger partial charge in [0.05, 0.1) is 5.52 Å². The van der Waals surface area contributed by atoms with Gasteiger partial charge >= 0.3 is 5.76 Å². The second kappa shape index (κ2) is 7.79. The van der Waals surface area contributed by atoms with E-state index in [0.29, 0.717) is 17.5 Å². The van der Waals surface area contributed by atoms with Crippen LogP contribution in [-0.4, -0.2) is 24.1 Å². The van der Waals surface area contributed by atoms with Gasteiger partial charge in [-0.3, -0.25) is 4.98 Å². The molecule has 0 bridgehead atoms. The summed E-state index contributed by atoms with van der Waals surface area (Å²) in [7, 11) is 0. The van der Waals surface area contributed by atoms with E-state index in [2.05, 4.69) is 33.8 Å². The van der Waals surface area contributed by atoms with Crippen LogP contribution in [0.3, 0.4) is 0 Å². The van der Waals surface area contributed by atoms with E-state index in [0.717, 1.165) is 18.6 Å². The number of para-hydroxylation sites is 1. The molecule has 5 heteroatoms. The van der Waals surface area contributed by atoms with Crippen LogP contribution in [0.2, 0.25) is 0 Å². The molecular formula is C21H25N3O2. The first-order valence-electron chi connectivity index (χ1n) is 9.43. The number of H-pyrrole nitrogens is 1. The maximum Gasteiger partial charge on any atom is 0.417 e. The van der Waals surface area contributed by atoms with E-state index in [1.165, 1.54) is 36.9 Å². The van der Waals surface area contributed by atoms with Crippen molar-refractivity contribution in [3.63, 3.8) is 0 Å². The van der Waals surface area contributed by atoms with Gasteiger partial charge in [-0.15, -0.1) is 0 Å². The van der Waals surface area contributed by atoms with Crippen molar-refractivity contribution in [2.45, 2.75) is 37.6 Å². The van der Waals surface area contributed by atoms with E-state index in [1.807, 2.05) is 30.3 Å². The van der Waals surface area contributed by atoms with Crippen LogP contribution >= 0.6 is 0 Å². The lowest BCUT2D eigenvalue weighted by Gasteiger charge is -2.29. The second-order valence-corrected chi connectivity index (χ2v) is 7.07. The molecule has 1 fully saturated rings. The molecule has 4 rings (SSSR count). The van der Waals surface area contributed by atoms with Gasteiger partial charge < -0.3 is 15.1 Å². The van der Waals surface area contributed by atoms with Gasteiger partial charge in [0, 0.05) is 24.8 Å². The van der Waals surface area contributed by atoms with Crippen molar-refractivity contribution >= 4 is 16.8 Å². The first-order valence-corrected chi connectivity index (χ1v) is 9.43. The molecule has 136 valence electrons. The minimum atomic E-state index is -0.380. The highest BCUT2D eigenvalue weighted by Crippen LogP contribution is 2.33. The van der Waals surface area contributed by atoms with Crippen LogP contribution in [0, 0.1) is 0 Å². The molecule has 1 saturated carbocycles. The van der Waals surface area contributed by atoms with E-state index < -0.39 is 0 Å². The van der Waals surface area contributed by atoms with Gasteiger partial charge in [0.2, 0.25) is 0 Å². The van der Waals surface area contributed by atoms with Gasteiger partial charge in [-0.1, -0.05) is 24.3 Å². The van der Waals surface area contributed by atoms with Gasteiger partial charge in [0.1, 0.15) is 0 Å². The summed E-state index contributed by atoms with van der Waals surface area (Å²) >= 11 is 0. The fourth-order valence-electron chi connectivity index (χ4n) is 3.89. The van der Waals surface area contributed by atoms with Crippen molar-refractivity contribution in [1.82, 2.24) is 10.3 Å². The molecular weight excluding hydrogens is 326 g/mol. The third-order valence-corrected chi connectivity index (χ3v) is 5.30. The minimum absolute atomic E-state index is 0.380. The summed E-state index contributed by atoms with van der Waals surface area (Å²) in [6.07, 6.45) is 4.71. The molecule has 1 aliphatic carbocycles. The normalized spacial score (nSPS) is 20.3. The van der Waals surface area contributed by atoms with Crippen molar-refractivity contribution in [2.75, 3.05) is 18.4 Å². The summed E-state index contributed by atoms with van der Waals surface area (Å²) in [5, 5.41) is 7.11. The first-order chi connectivity index (χ1) is 12.8. The molecule has 0 radical (unpaired) electrons. The SMILES string of the molecule is O=c1[nH]c2ccc([C@H]3CC[C@H](NCCNc4ccccc4)CC3)cc2o1. The number of anilines is 1. The largest absolute Gasteiger partial charge is 0.417 e. The van der Waals surface area contributed by atoms with Crippen molar-refractivity contribution < 1.29 is 4.42 Å². The number of oxazole rings is 1. The number of nitrogens with one attached hydrogen (secondary N) is 3. The van der Waals surface area contributed by atoms with E-state index in [-0.39, 0.29) is 5.76 Å². The second-order valence-electron chi connectivity index (χ2n) is 7.07. The molecule has 1 aromatic heterocycles. The van der Waals surface area contributed by atoms with Crippen LogP contribution in [0.5, 0.6) is 0 Å². The Hall–Kier alpha value is -2.53. The minimum Gasteiger partial charge on any atom is -0.408 e. The van der Waals surface area contributed by atoms with E-state index >= 15 is 0 Å². The molecule has 3 aromatic rings. The van der Waals surface area contributed by atoms with Gasteiger partial charge in [-0.05, 0) is 61.4 Å². The summed E-state index contributed by atoms with van der Waals surface area (Å²) in [4.78, 5) is 14.0. The lowest BCUT2D eigenvalue weighted by Crippen LogP contribution is -2.35. The summed E-state index contributed by atoms with van der Waals surface area (Å²) < 4.78 is 5.19. The van der Waals surface area contributed by atoms with E-state index in [1.54, 1.807) is 0 Å². The zero-order valence-electron chi connectivity index (χ0n) is 14.8. The molecule has 3 N–H and O–H groups in total. The molecule has 0 saturated heterocycles. The Labute approximate surface area is 152 Å². The Bertz CT molecular complexity index is 892. The third-order valence-electron chi connectivity index (χ3n) is 5.30. The number of aromatic amines is 1.